The highest BCUT2D eigenvalue weighted by Crippen LogP contribution is 2.38. The van der Waals surface area contributed by atoms with E-state index in [0.717, 1.165) is 35.4 Å². The molecule has 0 radical (unpaired) electrons. The first-order chi connectivity index (χ1) is 49.0. The van der Waals surface area contributed by atoms with Gasteiger partial charge in [0.05, 0.1) is 18.1 Å². The standard InChI is InChI=1S/C15H24.C11H17N.3C9H13N.C8H12N2.C8H16O.C8H12O.C8H12S.C8H18.C7H16/c1-9-10(2)12(4)14(15(6,7)8)13(5)11(9)3;1-8-6-10(11(3,4)5)7-12-9(8)2;1-9(2,3)8-4-6-10-7-5-8;1-9(2,3)8-5-4-6-10-7-8;1-9(2,3)8-6-4-5-7-10-8;1-8(2,3)7-6-9-4-5-10-7;3*1-8(2,3)7-5-4-6-9-7;1-7(2,3)8(4,5)6;1-6(2)7(3,4)5/h1-8H3;6-7H,1-5H3;3*4-7H,1-3H3;4-6H,1-3H3;7H,4-6H2,1-3H3;2*4-6H,1-3H3;1-6H3;6H,1-5H3. The monoisotopic (exact) mass is 1520 g/mol. The van der Waals surface area contributed by atoms with E-state index in [2.05, 4.69) is 382 Å². The molecule has 0 saturated carbocycles. The van der Waals surface area contributed by atoms with Crippen LogP contribution in [-0.2, 0) is 48.1 Å². The first-order valence-electron chi connectivity index (χ1n) is 40.2. The van der Waals surface area contributed by atoms with Gasteiger partial charge >= 0.3 is 0 Å². The zero-order valence-electron chi connectivity index (χ0n) is 79.0. The summed E-state index contributed by atoms with van der Waals surface area (Å²) in [6, 6.07) is 24.6. The highest BCUT2D eigenvalue weighted by atomic mass is 32.1. The maximum Gasteiger partial charge on any atom is 0.109 e. The highest BCUT2D eigenvalue weighted by Gasteiger charge is 2.29. The van der Waals surface area contributed by atoms with Crippen molar-refractivity contribution in [1.29, 1.82) is 0 Å². The molecule has 9 heteroatoms. The lowest BCUT2D eigenvalue weighted by Gasteiger charge is -2.34. The van der Waals surface area contributed by atoms with Crippen LogP contribution in [0, 0.1) is 76.0 Å². The van der Waals surface area contributed by atoms with Crippen molar-refractivity contribution < 1.29 is 9.15 Å². The summed E-state index contributed by atoms with van der Waals surface area (Å²) >= 11 is 1.83. The summed E-state index contributed by atoms with van der Waals surface area (Å²) in [6.07, 6.45) is 21.1. The van der Waals surface area contributed by atoms with Crippen LogP contribution in [0.5, 0.6) is 0 Å². The molecule has 614 valence electrons. The second-order valence-corrected chi connectivity index (χ2v) is 43.2. The van der Waals surface area contributed by atoms with Crippen LogP contribution in [0.2, 0.25) is 0 Å². The van der Waals surface area contributed by atoms with Crippen LogP contribution in [0.4, 0.5) is 0 Å². The Kier molecular flexibility index (Phi) is 43.2. The fraction of sp³-hybridized carbons (Fsp3) is 0.620. The van der Waals surface area contributed by atoms with E-state index in [1.54, 1.807) is 31.1 Å². The van der Waals surface area contributed by atoms with E-state index in [1.807, 2.05) is 79.6 Å². The maximum atomic E-state index is 5.52. The van der Waals surface area contributed by atoms with Crippen LogP contribution in [-0.4, -0.2) is 42.6 Å². The van der Waals surface area contributed by atoms with E-state index in [9.17, 15) is 0 Å². The molecular formula is C100H166N6O2S. The largest absolute Gasteiger partial charge is 0.469 e. The molecule has 1 unspecified atom stereocenters. The smallest absolute Gasteiger partial charge is 0.109 e. The van der Waals surface area contributed by atoms with Crippen molar-refractivity contribution in [1.82, 2.24) is 29.9 Å². The Bertz CT molecular complexity index is 3380. The van der Waals surface area contributed by atoms with Crippen molar-refractivity contribution in [2.45, 2.75) is 374 Å². The van der Waals surface area contributed by atoms with Gasteiger partial charge < -0.3 is 9.15 Å². The number of benzene rings is 1. The fourth-order valence-corrected chi connectivity index (χ4v) is 10.3. The fourth-order valence-electron chi connectivity index (χ4n) is 9.50. The molecule has 1 aromatic carbocycles. The number of thiophene rings is 1. The first kappa shape index (κ1) is 105. The molecule has 1 aliphatic heterocycles. The van der Waals surface area contributed by atoms with Crippen molar-refractivity contribution in [2.24, 2.45) is 27.6 Å². The third-order valence-corrected chi connectivity index (χ3v) is 21.5. The average Bonchev–Trinajstić information content (AvgIpc) is 1.17. The minimum atomic E-state index is 0.119. The lowest BCUT2D eigenvalue weighted by molar-refractivity contribution is 0.0290. The van der Waals surface area contributed by atoms with Crippen LogP contribution >= 0.6 is 11.3 Å². The number of furan rings is 1. The molecule has 0 N–H and O–H groups in total. The third kappa shape index (κ3) is 43.5. The second-order valence-electron chi connectivity index (χ2n) is 42.3. The number of hydrogen-bond donors (Lipinski definition) is 0. The molecule has 8 aromatic rings. The van der Waals surface area contributed by atoms with Gasteiger partial charge in [-0.15, -0.1) is 11.3 Å². The van der Waals surface area contributed by atoms with E-state index in [1.165, 1.54) is 73.4 Å². The Labute approximate surface area is 677 Å². The van der Waals surface area contributed by atoms with Gasteiger partial charge in [-0.1, -0.05) is 287 Å². The van der Waals surface area contributed by atoms with Gasteiger partial charge in [0.1, 0.15) is 5.76 Å². The highest BCUT2D eigenvalue weighted by molar-refractivity contribution is 7.10. The summed E-state index contributed by atoms with van der Waals surface area (Å²) in [5.74, 6) is 1.84. The summed E-state index contributed by atoms with van der Waals surface area (Å²) in [4.78, 5) is 26.2. The summed E-state index contributed by atoms with van der Waals surface area (Å²) in [5, 5.41) is 2.13. The van der Waals surface area contributed by atoms with Gasteiger partial charge in [0.2, 0.25) is 0 Å². The zero-order chi connectivity index (χ0) is 85.6. The molecule has 7 aromatic heterocycles. The number of hydrogen-bond acceptors (Lipinski definition) is 9. The zero-order valence-corrected chi connectivity index (χ0v) is 79.8. The van der Waals surface area contributed by atoms with Gasteiger partial charge in [0.25, 0.3) is 0 Å². The lowest BCUT2D eigenvalue weighted by atomic mass is 9.71. The van der Waals surface area contributed by atoms with E-state index in [4.69, 9.17) is 9.15 Å². The van der Waals surface area contributed by atoms with Gasteiger partial charge in [0.15, 0.2) is 0 Å². The molecule has 109 heavy (non-hydrogen) atoms. The summed E-state index contributed by atoms with van der Waals surface area (Å²) in [5.41, 5.74) is 20.9. The van der Waals surface area contributed by atoms with Crippen molar-refractivity contribution in [3.63, 3.8) is 0 Å². The lowest BCUT2D eigenvalue weighted by Crippen LogP contribution is -2.25. The van der Waals surface area contributed by atoms with Gasteiger partial charge in [-0.25, -0.2) is 0 Å². The summed E-state index contributed by atoms with van der Waals surface area (Å²) in [7, 11) is 0. The van der Waals surface area contributed by atoms with Crippen molar-refractivity contribution in [3.8, 4) is 0 Å². The Morgan fingerprint density at radius 2 is 0.862 bits per heavy atom. The molecule has 9 rings (SSSR count). The second kappa shape index (κ2) is 44.9. The topological polar surface area (TPSA) is 99.7 Å². The van der Waals surface area contributed by atoms with Gasteiger partial charge in [0, 0.05) is 94.9 Å². The normalized spacial score (nSPS) is 13.4. The Balaban J connectivity index is 0. The number of nitrogens with zero attached hydrogens (tertiary/aromatic N) is 6. The molecule has 1 fully saturated rings. The van der Waals surface area contributed by atoms with Gasteiger partial charge in [-0.2, -0.15) is 0 Å². The number of pyridine rings is 4. The SMILES string of the molecule is CC(C)(C)C(C)(C)C.CC(C)(C)C1CCCO1.CC(C)(C)c1ccccn1.CC(C)(C)c1cccnc1.CC(C)(C)c1ccco1.CC(C)(C)c1cccs1.CC(C)(C)c1ccncc1.CC(C)(C)c1cnccn1.CC(C)C(C)(C)C.Cc1c(C)c(C)c(C(C)(C)C)c(C)c1C.Cc1cc(C(C)(C)C)cnc1C. The molecule has 0 bridgehead atoms. The Morgan fingerprint density at radius 3 is 1.11 bits per heavy atom. The molecule has 8 nitrogen and oxygen atoms in total. The predicted octanol–water partition coefficient (Wildman–Crippen LogP) is 30.0. The van der Waals surface area contributed by atoms with Crippen LogP contribution in [0.15, 0.2) is 145 Å². The molecule has 0 aliphatic carbocycles. The maximum absolute atomic E-state index is 5.52. The van der Waals surface area contributed by atoms with Crippen molar-refractivity contribution in [2.75, 3.05) is 6.61 Å². The van der Waals surface area contributed by atoms with Crippen LogP contribution in [0.3, 0.4) is 0 Å². The summed E-state index contributed by atoms with van der Waals surface area (Å²) in [6.45, 7) is 101. The molecule has 8 heterocycles. The first-order valence-corrected chi connectivity index (χ1v) is 41.1. The Hall–Kier alpha value is -6.16. The van der Waals surface area contributed by atoms with Crippen LogP contribution in [0.1, 0.15) is 359 Å². The molecule has 1 saturated heterocycles. The van der Waals surface area contributed by atoms with Gasteiger partial charge in [-0.3, -0.25) is 29.9 Å². The quantitative estimate of drug-likeness (QED) is 0.148. The van der Waals surface area contributed by atoms with E-state index >= 15 is 0 Å². The van der Waals surface area contributed by atoms with Crippen LogP contribution in [0.25, 0.3) is 0 Å². The number of ether oxygens (including phenoxy) is 1. The molecule has 0 amide bonds. The van der Waals surface area contributed by atoms with Crippen LogP contribution < -0.4 is 0 Å². The Morgan fingerprint density at radius 1 is 0.385 bits per heavy atom. The molecule has 1 atom stereocenters. The van der Waals surface area contributed by atoms with Gasteiger partial charge in [-0.05, 0) is 226 Å². The number of rotatable bonds is 0. The summed E-state index contributed by atoms with van der Waals surface area (Å²) < 4.78 is 10.7. The molecule has 0 spiro atoms. The van der Waals surface area contributed by atoms with E-state index in [-0.39, 0.29) is 37.9 Å². The predicted molar refractivity (Wildman–Crippen MR) is 483 cm³/mol. The minimum Gasteiger partial charge on any atom is -0.469 e. The van der Waals surface area contributed by atoms with E-state index in [0.29, 0.717) is 33.2 Å². The molecular weight excluding hydrogens is 1350 g/mol. The van der Waals surface area contributed by atoms with E-state index < -0.39 is 0 Å². The van der Waals surface area contributed by atoms with Crippen molar-refractivity contribution >= 4 is 11.3 Å². The minimum absolute atomic E-state index is 0.119. The molecule has 1 aliphatic rings. The average molecular weight is 1520 g/mol. The third-order valence-electron chi connectivity index (χ3n) is 20.2. The number of aromatic nitrogens is 6. The van der Waals surface area contributed by atoms with Crippen molar-refractivity contribution in [3.05, 3.63) is 224 Å². The number of aryl methyl sites for hydroxylation is 2.